The van der Waals surface area contributed by atoms with E-state index >= 15 is 0 Å². The van der Waals surface area contributed by atoms with Crippen molar-refractivity contribution in [1.29, 1.82) is 0 Å². The minimum Gasteiger partial charge on any atom is -0.330 e. The van der Waals surface area contributed by atoms with Gasteiger partial charge in [0.15, 0.2) is 0 Å². The minimum absolute atomic E-state index is 0.661. The molecule has 16 heavy (non-hydrogen) atoms. The Morgan fingerprint density at radius 1 is 1.06 bits per heavy atom. The predicted octanol–water partition coefficient (Wildman–Crippen LogP) is 2.73. The molecule has 0 aliphatic heterocycles. The molecule has 0 amide bonds. The Balaban J connectivity index is 2.21. The SMILES string of the molecule is NCCc1cccnc1Sc1ccccc1. The molecule has 0 atom stereocenters. The van der Waals surface area contributed by atoms with E-state index in [2.05, 4.69) is 23.2 Å². The first-order chi connectivity index (χ1) is 7.90. The summed E-state index contributed by atoms with van der Waals surface area (Å²) in [5.41, 5.74) is 6.81. The predicted molar refractivity (Wildman–Crippen MR) is 67.6 cm³/mol. The van der Waals surface area contributed by atoms with Crippen LogP contribution in [0.5, 0.6) is 0 Å². The summed E-state index contributed by atoms with van der Waals surface area (Å²) < 4.78 is 0. The number of hydrogen-bond donors (Lipinski definition) is 1. The Bertz CT molecular complexity index is 443. The Morgan fingerprint density at radius 2 is 1.88 bits per heavy atom. The van der Waals surface area contributed by atoms with Crippen LogP contribution in [-0.4, -0.2) is 11.5 Å². The number of hydrogen-bond acceptors (Lipinski definition) is 3. The molecular formula is C13H14N2S. The van der Waals surface area contributed by atoms with Gasteiger partial charge in [-0.25, -0.2) is 4.98 Å². The standard InChI is InChI=1S/C13H14N2S/c14-9-8-11-5-4-10-15-13(11)16-12-6-2-1-3-7-12/h1-7,10H,8-9,14H2. The lowest BCUT2D eigenvalue weighted by atomic mass is 10.2. The van der Waals surface area contributed by atoms with Crippen LogP contribution in [0.3, 0.4) is 0 Å². The van der Waals surface area contributed by atoms with Crippen molar-refractivity contribution in [3.05, 3.63) is 54.2 Å². The maximum atomic E-state index is 5.59. The lowest BCUT2D eigenvalue weighted by molar-refractivity contribution is 0.911. The number of rotatable bonds is 4. The fourth-order valence-corrected chi connectivity index (χ4v) is 2.39. The van der Waals surface area contributed by atoms with Gasteiger partial charge in [0.05, 0.1) is 0 Å². The van der Waals surface area contributed by atoms with Gasteiger partial charge in [-0.05, 0) is 36.7 Å². The van der Waals surface area contributed by atoms with Gasteiger partial charge in [0, 0.05) is 11.1 Å². The van der Waals surface area contributed by atoms with Crippen LogP contribution in [0.4, 0.5) is 0 Å². The van der Waals surface area contributed by atoms with E-state index < -0.39 is 0 Å². The Morgan fingerprint density at radius 3 is 2.62 bits per heavy atom. The Labute approximate surface area is 99.9 Å². The molecule has 0 saturated carbocycles. The summed E-state index contributed by atoms with van der Waals surface area (Å²) in [4.78, 5) is 5.61. The summed E-state index contributed by atoms with van der Waals surface area (Å²) in [6.45, 7) is 0.661. The monoisotopic (exact) mass is 230 g/mol. The van der Waals surface area contributed by atoms with Gasteiger partial charge >= 0.3 is 0 Å². The maximum Gasteiger partial charge on any atom is 0.104 e. The highest BCUT2D eigenvalue weighted by molar-refractivity contribution is 7.99. The lowest BCUT2D eigenvalue weighted by Crippen LogP contribution is -2.04. The van der Waals surface area contributed by atoms with Gasteiger partial charge in [0.1, 0.15) is 5.03 Å². The first kappa shape index (κ1) is 11.2. The van der Waals surface area contributed by atoms with E-state index in [-0.39, 0.29) is 0 Å². The van der Waals surface area contributed by atoms with Crippen LogP contribution in [0.15, 0.2) is 58.6 Å². The molecule has 0 radical (unpaired) electrons. The highest BCUT2D eigenvalue weighted by atomic mass is 32.2. The number of nitrogens with two attached hydrogens (primary N) is 1. The normalized spacial score (nSPS) is 10.3. The van der Waals surface area contributed by atoms with Crippen LogP contribution in [-0.2, 0) is 6.42 Å². The molecule has 2 aromatic rings. The summed E-state index contributed by atoms with van der Waals surface area (Å²) in [5.74, 6) is 0. The second-order valence-corrected chi connectivity index (χ2v) is 4.48. The molecule has 0 bridgehead atoms. The molecular weight excluding hydrogens is 216 g/mol. The molecule has 0 aliphatic rings. The van der Waals surface area contributed by atoms with E-state index in [0.29, 0.717) is 6.54 Å². The molecule has 82 valence electrons. The molecule has 0 fully saturated rings. The van der Waals surface area contributed by atoms with Gasteiger partial charge < -0.3 is 5.73 Å². The van der Waals surface area contributed by atoms with Crippen molar-refractivity contribution >= 4 is 11.8 Å². The highest BCUT2D eigenvalue weighted by Gasteiger charge is 2.04. The summed E-state index contributed by atoms with van der Waals surface area (Å²) in [5, 5.41) is 1.05. The van der Waals surface area contributed by atoms with Crippen LogP contribution < -0.4 is 5.73 Å². The summed E-state index contributed by atoms with van der Waals surface area (Å²) in [6.07, 6.45) is 2.70. The van der Waals surface area contributed by atoms with Crippen molar-refractivity contribution in [2.45, 2.75) is 16.3 Å². The van der Waals surface area contributed by atoms with Crippen molar-refractivity contribution in [2.24, 2.45) is 5.73 Å². The Kier molecular flexibility index (Phi) is 3.97. The van der Waals surface area contributed by atoms with Crippen molar-refractivity contribution in [3.8, 4) is 0 Å². The molecule has 0 spiro atoms. The van der Waals surface area contributed by atoms with E-state index in [1.165, 1.54) is 10.5 Å². The molecule has 1 heterocycles. The van der Waals surface area contributed by atoms with Crippen molar-refractivity contribution in [1.82, 2.24) is 4.98 Å². The number of benzene rings is 1. The van der Waals surface area contributed by atoms with Crippen LogP contribution in [0.1, 0.15) is 5.56 Å². The molecule has 0 saturated heterocycles. The third-order valence-corrected chi connectivity index (χ3v) is 3.29. The molecule has 2 N–H and O–H groups in total. The second kappa shape index (κ2) is 5.68. The third kappa shape index (κ3) is 2.84. The zero-order valence-corrected chi connectivity index (χ0v) is 9.78. The summed E-state index contributed by atoms with van der Waals surface area (Å²) >= 11 is 1.69. The van der Waals surface area contributed by atoms with Crippen molar-refractivity contribution in [2.75, 3.05) is 6.54 Å². The maximum absolute atomic E-state index is 5.59. The van der Waals surface area contributed by atoms with E-state index in [9.17, 15) is 0 Å². The van der Waals surface area contributed by atoms with E-state index in [4.69, 9.17) is 5.73 Å². The summed E-state index contributed by atoms with van der Waals surface area (Å²) in [6, 6.07) is 14.3. The minimum atomic E-state index is 0.661. The van der Waals surface area contributed by atoms with E-state index in [0.717, 1.165) is 11.4 Å². The van der Waals surface area contributed by atoms with Gasteiger partial charge in [0.25, 0.3) is 0 Å². The fourth-order valence-electron chi connectivity index (χ4n) is 1.46. The molecule has 1 aromatic heterocycles. The smallest absolute Gasteiger partial charge is 0.104 e. The van der Waals surface area contributed by atoms with Gasteiger partial charge in [-0.1, -0.05) is 36.0 Å². The van der Waals surface area contributed by atoms with Crippen LogP contribution in [0.25, 0.3) is 0 Å². The molecule has 3 heteroatoms. The van der Waals surface area contributed by atoms with Gasteiger partial charge in [-0.3, -0.25) is 0 Å². The second-order valence-electron chi connectivity index (χ2n) is 3.42. The largest absolute Gasteiger partial charge is 0.330 e. The topological polar surface area (TPSA) is 38.9 Å². The quantitative estimate of drug-likeness (QED) is 0.877. The van der Waals surface area contributed by atoms with E-state index in [1.54, 1.807) is 11.8 Å². The number of aromatic nitrogens is 1. The number of pyridine rings is 1. The lowest BCUT2D eigenvalue weighted by Gasteiger charge is -2.06. The van der Waals surface area contributed by atoms with Crippen molar-refractivity contribution < 1.29 is 0 Å². The zero-order chi connectivity index (χ0) is 11.2. The van der Waals surface area contributed by atoms with E-state index in [1.807, 2.05) is 30.5 Å². The summed E-state index contributed by atoms with van der Waals surface area (Å²) in [7, 11) is 0. The van der Waals surface area contributed by atoms with Crippen LogP contribution in [0.2, 0.25) is 0 Å². The Hall–Kier alpha value is -1.32. The highest BCUT2D eigenvalue weighted by Crippen LogP contribution is 2.28. The average Bonchev–Trinajstić information content (AvgIpc) is 2.33. The fraction of sp³-hybridized carbons (Fsp3) is 0.154. The third-order valence-electron chi connectivity index (χ3n) is 2.22. The molecule has 0 unspecified atom stereocenters. The first-order valence-corrected chi connectivity index (χ1v) is 6.08. The van der Waals surface area contributed by atoms with Gasteiger partial charge in [-0.15, -0.1) is 0 Å². The van der Waals surface area contributed by atoms with Crippen molar-refractivity contribution in [3.63, 3.8) is 0 Å². The molecule has 2 rings (SSSR count). The first-order valence-electron chi connectivity index (χ1n) is 5.27. The van der Waals surface area contributed by atoms with Gasteiger partial charge in [-0.2, -0.15) is 0 Å². The number of nitrogens with zero attached hydrogens (tertiary/aromatic N) is 1. The van der Waals surface area contributed by atoms with Gasteiger partial charge in [0.2, 0.25) is 0 Å². The molecule has 2 nitrogen and oxygen atoms in total. The van der Waals surface area contributed by atoms with Crippen LogP contribution >= 0.6 is 11.8 Å². The molecule has 1 aromatic carbocycles. The zero-order valence-electron chi connectivity index (χ0n) is 8.97. The molecule has 0 aliphatic carbocycles. The average molecular weight is 230 g/mol. The van der Waals surface area contributed by atoms with Crippen LogP contribution in [0, 0.1) is 0 Å².